The van der Waals surface area contributed by atoms with Crippen molar-refractivity contribution in [1.82, 2.24) is 10.3 Å². The standard InChI is InChI=1S/C18H18N2O/c1-2-19-13-14-5-8-16(9-6-14)21-17-10-7-15-4-3-11-20-18(15)12-17/h3-12,19H,2,13H2,1H3. The third-order valence-electron chi connectivity index (χ3n) is 3.32. The summed E-state index contributed by atoms with van der Waals surface area (Å²) in [5, 5.41) is 4.42. The first-order valence-electron chi connectivity index (χ1n) is 7.17. The molecule has 1 aromatic heterocycles. The fourth-order valence-electron chi connectivity index (χ4n) is 2.19. The molecule has 3 rings (SSSR count). The Balaban J connectivity index is 1.75. The SMILES string of the molecule is CCNCc1ccc(Oc2ccc3cccnc3c2)cc1. The van der Waals surface area contributed by atoms with Crippen molar-refractivity contribution in [2.45, 2.75) is 13.5 Å². The van der Waals surface area contributed by atoms with Gasteiger partial charge < -0.3 is 10.1 Å². The Morgan fingerprint density at radius 2 is 1.81 bits per heavy atom. The lowest BCUT2D eigenvalue weighted by molar-refractivity contribution is 0.483. The molecule has 0 saturated heterocycles. The molecule has 0 aliphatic carbocycles. The van der Waals surface area contributed by atoms with E-state index in [1.165, 1.54) is 5.56 Å². The van der Waals surface area contributed by atoms with Crippen molar-refractivity contribution < 1.29 is 4.74 Å². The molecule has 3 heteroatoms. The number of hydrogen-bond donors (Lipinski definition) is 1. The second-order valence-electron chi connectivity index (χ2n) is 4.88. The quantitative estimate of drug-likeness (QED) is 0.761. The summed E-state index contributed by atoms with van der Waals surface area (Å²) >= 11 is 0. The van der Waals surface area contributed by atoms with Gasteiger partial charge in [-0.15, -0.1) is 0 Å². The first-order valence-corrected chi connectivity index (χ1v) is 7.17. The monoisotopic (exact) mass is 278 g/mol. The summed E-state index contributed by atoms with van der Waals surface area (Å²) in [7, 11) is 0. The van der Waals surface area contributed by atoms with Crippen molar-refractivity contribution in [3.05, 3.63) is 66.4 Å². The van der Waals surface area contributed by atoms with Crippen molar-refractivity contribution in [2.24, 2.45) is 0 Å². The van der Waals surface area contributed by atoms with Crippen LogP contribution in [-0.2, 0) is 6.54 Å². The van der Waals surface area contributed by atoms with Crippen LogP contribution in [0.15, 0.2) is 60.8 Å². The van der Waals surface area contributed by atoms with Gasteiger partial charge in [-0.2, -0.15) is 0 Å². The van der Waals surface area contributed by atoms with Crippen molar-refractivity contribution in [3.63, 3.8) is 0 Å². The number of benzene rings is 2. The van der Waals surface area contributed by atoms with E-state index in [1.54, 1.807) is 6.20 Å². The summed E-state index contributed by atoms with van der Waals surface area (Å²) in [6.45, 7) is 3.96. The predicted octanol–water partition coefficient (Wildman–Crippen LogP) is 4.14. The van der Waals surface area contributed by atoms with Gasteiger partial charge in [0.2, 0.25) is 0 Å². The zero-order valence-corrected chi connectivity index (χ0v) is 12.0. The molecule has 2 aromatic carbocycles. The van der Waals surface area contributed by atoms with E-state index < -0.39 is 0 Å². The smallest absolute Gasteiger partial charge is 0.129 e. The third kappa shape index (κ3) is 3.38. The number of rotatable bonds is 5. The zero-order chi connectivity index (χ0) is 14.5. The Hall–Kier alpha value is -2.39. The van der Waals surface area contributed by atoms with Gasteiger partial charge in [0.05, 0.1) is 5.52 Å². The second kappa shape index (κ2) is 6.37. The normalized spacial score (nSPS) is 10.7. The van der Waals surface area contributed by atoms with Crippen molar-refractivity contribution in [3.8, 4) is 11.5 Å². The fourth-order valence-corrected chi connectivity index (χ4v) is 2.19. The molecule has 0 atom stereocenters. The van der Waals surface area contributed by atoms with Crippen LogP contribution in [0.1, 0.15) is 12.5 Å². The Labute approximate surface area is 124 Å². The molecular formula is C18H18N2O. The minimum Gasteiger partial charge on any atom is -0.457 e. The summed E-state index contributed by atoms with van der Waals surface area (Å²) in [4.78, 5) is 4.34. The van der Waals surface area contributed by atoms with Gasteiger partial charge >= 0.3 is 0 Å². The van der Waals surface area contributed by atoms with Crippen LogP contribution in [-0.4, -0.2) is 11.5 Å². The summed E-state index contributed by atoms with van der Waals surface area (Å²) < 4.78 is 5.89. The van der Waals surface area contributed by atoms with E-state index in [4.69, 9.17) is 4.74 Å². The maximum atomic E-state index is 5.89. The molecule has 0 amide bonds. The maximum Gasteiger partial charge on any atom is 0.129 e. The molecule has 3 nitrogen and oxygen atoms in total. The van der Waals surface area contributed by atoms with Crippen molar-refractivity contribution in [2.75, 3.05) is 6.54 Å². The third-order valence-corrected chi connectivity index (χ3v) is 3.32. The van der Waals surface area contributed by atoms with E-state index in [9.17, 15) is 0 Å². The Morgan fingerprint density at radius 3 is 2.62 bits per heavy atom. The summed E-state index contributed by atoms with van der Waals surface area (Å²) in [5.74, 6) is 1.64. The highest BCUT2D eigenvalue weighted by Gasteiger charge is 2.00. The molecular weight excluding hydrogens is 260 g/mol. The van der Waals surface area contributed by atoms with Crippen LogP contribution in [0.4, 0.5) is 0 Å². The Bertz CT molecular complexity index is 723. The van der Waals surface area contributed by atoms with E-state index in [1.807, 2.05) is 42.5 Å². The lowest BCUT2D eigenvalue weighted by atomic mass is 10.2. The molecule has 3 aromatic rings. The molecule has 0 aliphatic rings. The van der Waals surface area contributed by atoms with Crippen LogP contribution >= 0.6 is 0 Å². The summed E-state index contributed by atoms with van der Waals surface area (Å²) in [6, 6.07) is 18.1. The molecule has 0 saturated carbocycles. The van der Waals surface area contributed by atoms with Crippen molar-refractivity contribution in [1.29, 1.82) is 0 Å². The maximum absolute atomic E-state index is 5.89. The number of nitrogens with zero attached hydrogens (tertiary/aromatic N) is 1. The van der Waals surface area contributed by atoms with E-state index in [-0.39, 0.29) is 0 Å². The summed E-state index contributed by atoms with van der Waals surface area (Å²) in [6.07, 6.45) is 1.79. The van der Waals surface area contributed by atoms with Crippen molar-refractivity contribution >= 4 is 10.9 Å². The first kappa shape index (κ1) is 13.6. The number of hydrogen-bond acceptors (Lipinski definition) is 3. The molecule has 0 fully saturated rings. The molecule has 1 N–H and O–H groups in total. The topological polar surface area (TPSA) is 34.1 Å². The average molecular weight is 278 g/mol. The number of ether oxygens (including phenoxy) is 1. The number of pyridine rings is 1. The molecule has 21 heavy (non-hydrogen) atoms. The molecule has 0 radical (unpaired) electrons. The average Bonchev–Trinajstić information content (AvgIpc) is 2.54. The van der Waals surface area contributed by atoms with Gasteiger partial charge in [-0.1, -0.05) is 25.1 Å². The van der Waals surface area contributed by atoms with Gasteiger partial charge in [-0.25, -0.2) is 0 Å². The second-order valence-corrected chi connectivity index (χ2v) is 4.88. The van der Waals surface area contributed by atoms with Gasteiger partial charge in [-0.05, 0) is 42.4 Å². The van der Waals surface area contributed by atoms with Gasteiger partial charge in [0.25, 0.3) is 0 Å². The minimum atomic E-state index is 0.806. The highest BCUT2D eigenvalue weighted by atomic mass is 16.5. The largest absolute Gasteiger partial charge is 0.457 e. The predicted molar refractivity (Wildman–Crippen MR) is 85.6 cm³/mol. The highest BCUT2D eigenvalue weighted by Crippen LogP contribution is 2.24. The van der Waals surface area contributed by atoms with Gasteiger partial charge in [0, 0.05) is 24.2 Å². The Morgan fingerprint density at radius 1 is 1.00 bits per heavy atom. The van der Waals surface area contributed by atoms with Gasteiger partial charge in [0.1, 0.15) is 11.5 Å². The zero-order valence-electron chi connectivity index (χ0n) is 12.0. The minimum absolute atomic E-state index is 0.806. The molecule has 0 spiro atoms. The van der Waals surface area contributed by atoms with E-state index in [0.717, 1.165) is 35.5 Å². The molecule has 0 unspecified atom stereocenters. The lowest BCUT2D eigenvalue weighted by Gasteiger charge is -2.08. The van der Waals surface area contributed by atoms with E-state index in [2.05, 4.69) is 29.4 Å². The van der Waals surface area contributed by atoms with Gasteiger partial charge in [0.15, 0.2) is 0 Å². The van der Waals surface area contributed by atoms with Crippen LogP contribution in [0.3, 0.4) is 0 Å². The van der Waals surface area contributed by atoms with E-state index >= 15 is 0 Å². The molecule has 0 bridgehead atoms. The molecule has 106 valence electrons. The Kier molecular flexibility index (Phi) is 4.12. The number of aromatic nitrogens is 1. The van der Waals surface area contributed by atoms with Crippen LogP contribution in [0.5, 0.6) is 11.5 Å². The lowest BCUT2D eigenvalue weighted by Crippen LogP contribution is -2.11. The van der Waals surface area contributed by atoms with Crippen LogP contribution in [0, 0.1) is 0 Å². The molecule has 0 aliphatic heterocycles. The fraction of sp³-hybridized carbons (Fsp3) is 0.167. The van der Waals surface area contributed by atoms with Crippen LogP contribution in [0.25, 0.3) is 10.9 Å². The van der Waals surface area contributed by atoms with Gasteiger partial charge in [-0.3, -0.25) is 4.98 Å². The summed E-state index contributed by atoms with van der Waals surface area (Å²) in [5.41, 5.74) is 2.20. The highest BCUT2D eigenvalue weighted by molar-refractivity contribution is 5.79. The first-order chi connectivity index (χ1) is 10.3. The number of fused-ring (bicyclic) bond motifs is 1. The van der Waals surface area contributed by atoms with Crippen LogP contribution in [0.2, 0.25) is 0 Å². The molecule has 1 heterocycles. The van der Waals surface area contributed by atoms with Crippen LogP contribution < -0.4 is 10.1 Å². The number of nitrogens with one attached hydrogen (secondary N) is 1. The van der Waals surface area contributed by atoms with E-state index in [0.29, 0.717) is 0 Å².